The average Bonchev–Trinajstić information content (AvgIpc) is 2.74. The molecule has 0 fully saturated rings. The van der Waals surface area contributed by atoms with Crippen molar-refractivity contribution in [3.05, 3.63) is 93.8 Å². The lowest BCUT2D eigenvalue weighted by Gasteiger charge is -2.13. The lowest BCUT2D eigenvalue weighted by molar-refractivity contribution is -0.118. The van der Waals surface area contributed by atoms with Gasteiger partial charge in [0.05, 0.1) is 0 Å². The van der Waals surface area contributed by atoms with Gasteiger partial charge in [-0.2, -0.15) is 0 Å². The molecule has 0 spiro atoms. The summed E-state index contributed by atoms with van der Waals surface area (Å²) in [7, 11) is 0. The van der Waals surface area contributed by atoms with E-state index in [-0.39, 0.29) is 12.5 Å². The number of benzene rings is 3. The Bertz CT molecular complexity index is 1280. The number of aryl methyl sites for hydroxylation is 1. The van der Waals surface area contributed by atoms with Gasteiger partial charge in [-0.25, -0.2) is 4.79 Å². The number of hydrogen-bond donors (Lipinski definition) is 1. The van der Waals surface area contributed by atoms with Crippen molar-refractivity contribution in [3.63, 3.8) is 0 Å². The minimum absolute atomic E-state index is 0.193. The number of carbonyl (C=O) groups excluding carboxylic acids is 1. The summed E-state index contributed by atoms with van der Waals surface area (Å²) in [5.74, 6) is 0.147. The SMILES string of the molecule is Cc1c(OCC(=O)Nc2cccc(Cl)c2)ccc2c(-c3ccccc3)cc(=O)oc12. The van der Waals surface area contributed by atoms with Crippen molar-refractivity contribution >= 4 is 34.2 Å². The zero-order chi connectivity index (χ0) is 21.1. The van der Waals surface area contributed by atoms with Gasteiger partial charge in [0.2, 0.25) is 0 Å². The van der Waals surface area contributed by atoms with Crippen LogP contribution in [0.1, 0.15) is 5.56 Å². The largest absolute Gasteiger partial charge is 0.483 e. The van der Waals surface area contributed by atoms with Crippen LogP contribution in [-0.2, 0) is 4.79 Å². The first kappa shape index (κ1) is 19.7. The first-order chi connectivity index (χ1) is 14.5. The predicted molar refractivity (Wildman–Crippen MR) is 118 cm³/mol. The van der Waals surface area contributed by atoms with E-state index in [0.717, 1.165) is 16.5 Å². The van der Waals surface area contributed by atoms with Crippen LogP contribution in [0, 0.1) is 6.92 Å². The number of halogens is 1. The Hall–Kier alpha value is -3.57. The Kier molecular flexibility index (Phi) is 5.55. The van der Waals surface area contributed by atoms with E-state index in [0.29, 0.717) is 27.6 Å². The van der Waals surface area contributed by atoms with Gasteiger partial charge in [0.15, 0.2) is 6.61 Å². The number of nitrogens with one attached hydrogen (secondary N) is 1. The van der Waals surface area contributed by atoms with Crippen molar-refractivity contribution < 1.29 is 13.9 Å². The highest BCUT2D eigenvalue weighted by Gasteiger charge is 2.14. The molecule has 30 heavy (non-hydrogen) atoms. The Morgan fingerprint density at radius 3 is 2.60 bits per heavy atom. The van der Waals surface area contributed by atoms with Gasteiger partial charge in [-0.3, -0.25) is 4.79 Å². The molecule has 150 valence electrons. The van der Waals surface area contributed by atoms with Crippen molar-refractivity contribution in [1.29, 1.82) is 0 Å². The second kappa shape index (κ2) is 8.43. The van der Waals surface area contributed by atoms with Gasteiger partial charge < -0.3 is 14.5 Å². The predicted octanol–water partition coefficient (Wildman–Crippen LogP) is 5.44. The van der Waals surface area contributed by atoms with Gasteiger partial charge in [-0.05, 0) is 48.4 Å². The van der Waals surface area contributed by atoms with Gasteiger partial charge in [-0.1, -0.05) is 48.0 Å². The van der Waals surface area contributed by atoms with E-state index in [9.17, 15) is 9.59 Å². The molecule has 1 N–H and O–H groups in total. The van der Waals surface area contributed by atoms with Crippen LogP contribution in [0.5, 0.6) is 5.75 Å². The Balaban J connectivity index is 1.59. The minimum Gasteiger partial charge on any atom is -0.483 e. The van der Waals surface area contributed by atoms with E-state index >= 15 is 0 Å². The fourth-order valence-electron chi connectivity index (χ4n) is 3.26. The molecule has 3 aromatic carbocycles. The van der Waals surface area contributed by atoms with Gasteiger partial charge >= 0.3 is 5.63 Å². The van der Waals surface area contributed by atoms with E-state index < -0.39 is 5.63 Å². The number of fused-ring (bicyclic) bond motifs is 1. The molecular weight excluding hydrogens is 402 g/mol. The molecule has 1 aromatic heterocycles. The smallest absolute Gasteiger partial charge is 0.336 e. The number of rotatable bonds is 5. The first-order valence-electron chi connectivity index (χ1n) is 9.32. The average molecular weight is 420 g/mol. The molecule has 0 saturated carbocycles. The molecule has 0 saturated heterocycles. The molecule has 1 amide bonds. The number of ether oxygens (including phenoxy) is 1. The van der Waals surface area contributed by atoms with Crippen molar-refractivity contribution in [2.24, 2.45) is 0 Å². The highest BCUT2D eigenvalue weighted by molar-refractivity contribution is 6.30. The van der Waals surface area contributed by atoms with Crippen molar-refractivity contribution in [1.82, 2.24) is 0 Å². The second-order valence-electron chi connectivity index (χ2n) is 6.76. The fourth-order valence-corrected chi connectivity index (χ4v) is 3.45. The Morgan fingerprint density at radius 1 is 1.03 bits per heavy atom. The van der Waals surface area contributed by atoms with Gasteiger partial charge in [0.1, 0.15) is 11.3 Å². The van der Waals surface area contributed by atoms with E-state index in [2.05, 4.69) is 5.32 Å². The number of hydrogen-bond acceptors (Lipinski definition) is 4. The van der Waals surface area contributed by atoms with E-state index in [1.807, 2.05) is 36.4 Å². The molecule has 4 aromatic rings. The Morgan fingerprint density at radius 2 is 1.83 bits per heavy atom. The van der Waals surface area contributed by atoms with Crippen LogP contribution < -0.4 is 15.7 Å². The van der Waals surface area contributed by atoms with Crippen molar-refractivity contribution in [2.75, 3.05) is 11.9 Å². The van der Waals surface area contributed by atoms with E-state index in [1.165, 1.54) is 6.07 Å². The van der Waals surface area contributed by atoms with Crippen molar-refractivity contribution in [2.45, 2.75) is 6.92 Å². The molecule has 4 rings (SSSR count). The Labute approximate surface area is 177 Å². The summed E-state index contributed by atoms with van der Waals surface area (Å²) < 4.78 is 11.1. The molecule has 0 bridgehead atoms. The van der Waals surface area contributed by atoms with Crippen LogP contribution in [0.2, 0.25) is 5.02 Å². The number of amides is 1. The molecule has 6 heteroatoms. The standard InChI is InChI=1S/C24H18ClNO4/c1-15-21(29-14-22(27)26-18-9-5-8-17(25)12-18)11-10-19-20(13-23(28)30-24(15)19)16-6-3-2-4-7-16/h2-13H,14H2,1H3,(H,26,27). The topological polar surface area (TPSA) is 68.5 Å². The van der Waals surface area contributed by atoms with Crippen LogP contribution in [0.4, 0.5) is 5.69 Å². The summed E-state index contributed by atoms with van der Waals surface area (Å²) in [6, 6.07) is 21.6. The van der Waals surface area contributed by atoms with Crippen LogP contribution in [0.15, 0.2) is 82.0 Å². The molecule has 0 aliphatic heterocycles. The fraction of sp³-hybridized carbons (Fsp3) is 0.0833. The summed E-state index contributed by atoms with van der Waals surface area (Å²) >= 11 is 5.93. The highest BCUT2D eigenvalue weighted by atomic mass is 35.5. The van der Waals surface area contributed by atoms with Crippen LogP contribution in [-0.4, -0.2) is 12.5 Å². The van der Waals surface area contributed by atoms with Gasteiger partial charge in [-0.15, -0.1) is 0 Å². The maximum absolute atomic E-state index is 12.2. The maximum atomic E-state index is 12.2. The molecule has 0 unspecified atom stereocenters. The zero-order valence-electron chi connectivity index (χ0n) is 16.1. The monoisotopic (exact) mass is 419 g/mol. The van der Waals surface area contributed by atoms with E-state index in [4.69, 9.17) is 20.8 Å². The number of carbonyl (C=O) groups is 1. The summed E-state index contributed by atoms with van der Waals surface area (Å²) in [5, 5.41) is 4.06. The van der Waals surface area contributed by atoms with E-state index in [1.54, 1.807) is 37.3 Å². The summed E-state index contributed by atoms with van der Waals surface area (Å²) in [6.07, 6.45) is 0. The molecule has 0 radical (unpaired) electrons. The normalized spacial score (nSPS) is 10.7. The molecule has 1 heterocycles. The lowest BCUT2D eigenvalue weighted by atomic mass is 10.0. The molecule has 5 nitrogen and oxygen atoms in total. The van der Waals surface area contributed by atoms with Crippen LogP contribution >= 0.6 is 11.6 Å². The lowest BCUT2D eigenvalue weighted by Crippen LogP contribution is -2.20. The highest BCUT2D eigenvalue weighted by Crippen LogP contribution is 2.33. The van der Waals surface area contributed by atoms with Crippen molar-refractivity contribution in [3.8, 4) is 16.9 Å². The summed E-state index contributed by atoms with van der Waals surface area (Å²) in [6.45, 7) is 1.60. The third-order valence-electron chi connectivity index (χ3n) is 4.66. The second-order valence-corrected chi connectivity index (χ2v) is 7.19. The molecular formula is C24H18ClNO4. The van der Waals surface area contributed by atoms with Crippen LogP contribution in [0.3, 0.4) is 0 Å². The number of anilines is 1. The summed E-state index contributed by atoms with van der Waals surface area (Å²) in [4.78, 5) is 24.4. The third kappa shape index (κ3) is 4.21. The van der Waals surface area contributed by atoms with Gasteiger partial charge in [0, 0.05) is 27.7 Å². The maximum Gasteiger partial charge on any atom is 0.336 e. The quantitative estimate of drug-likeness (QED) is 0.437. The zero-order valence-corrected chi connectivity index (χ0v) is 16.9. The molecule has 0 atom stereocenters. The molecule has 0 aliphatic rings. The van der Waals surface area contributed by atoms with Gasteiger partial charge in [0.25, 0.3) is 5.91 Å². The van der Waals surface area contributed by atoms with Crippen LogP contribution in [0.25, 0.3) is 22.1 Å². The minimum atomic E-state index is -0.444. The first-order valence-corrected chi connectivity index (χ1v) is 9.70. The third-order valence-corrected chi connectivity index (χ3v) is 4.90. The molecule has 0 aliphatic carbocycles. The summed E-state index contributed by atoms with van der Waals surface area (Å²) in [5.41, 5.74) is 2.94.